The van der Waals surface area contributed by atoms with Crippen molar-refractivity contribution in [2.45, 2.75) is 53.1 Å². The first-order chi connectivity index (χ1) is 12.5. The number of carbonyl (C=O) groups excluding carboxylic acids is 3. The molecule has 0 saturated carbocycles. The molecule has 0 radical (unpaired) electrons. The van der Waals surface area contributed by atoms with Crippen LogP contribution in [0.5, 0.6) is 5.75 Å². The van der Waals surface area contributed by atoms with Crippen molar-refractivity contribution in [1.82, 2.24) is 10.6 Å². The van der Waals surface area contributed by atoms with Gasteiger partial charge in [0.15, 0.2) is 6.61 Å². The van der Waals surface area contributed by atoms with Crippen molar-refractivity contribution in [3.8, 4) is 5.75 Å². The van der Waals surface area contributed by atoms with Crippen LogP contribution in [0, 0.1) is 5.92 Å². The molecule has 0 spiro atoms. The molecule has 1 aromatic carbocycles. The average Bonchev–Trinajstić information content (AvgIpc) is 2.56. The van der Waals surface area contributed by atoms with E-state index in [1.165, 1.54) is 0 Å². The summed E-state index contributed by atoms with van der Waals surface area (Å²) in [6, 6.07) is 5.78. The van der Waals surface area contributed by atoms with Gasteiger partial charge < -0.3 is 20.1 Å². The van der Waals surface area contributed by atoms with Crippen molar-refractivity contribution >= 4 is 17.8 Å². The van der Waals surface area contributed by atoms with Crippen molar-refractivity contribution in [1.29, 1.82) is 0 Å². The maximum atomic E-state index is 12.4. The Labute approximate surface area is 160 Å². The Balaban J connectivity index is 2.67. The first-order valence-corrected chi connectivity index (χ1v) is 9.05. The van der Waals surface area contributed by atoms with Gasteiger partial charge in [-0.3, -0.25) is 9.59 Å². The van der Waals surface area contributed by atoms with Gasteiger partial charge in [-0.05, 0) is 57.9 Å². The SMILES string of the molecule is CCOc1ccc(C(=O)N[C@H](C(=O)OCC(=O)NC(C)(C)C)C(C)C)cc1. The lowest BCUT2D eigenvalue weighted by Gasteiger charge is -2.23. The highest BCUT2D eigenvalue weighted by atomic mass is 16.5. The van der Waals surface area contributed by atoms with Crippen LogP contribution >= 0.6 is 0 Å². The number of amides is 2. The second-order valence-electron chi connectivity index (χ2n) is 7.56. The summed E-state index contributed by atoms with van der Waals surface area (Å²) in [6.45, 7) is 11.1. The number of esters is 1. The molecule has 2 amide bonds. The Morgan fingerprint density at radius 2 is 1.67 bits per heavy atom. The fourth-order valence-corrected chi connectivity index (χ4v) is 2.27. The van der Waals surface area contributed by atoms with Crippen molar-refractivity contribution < 1.29 is 23.9 Å². The van der Waals surface area contributed by atoms with Crippen LogP contribution in [-0.2, 0) is 14.3 Å². The molecule has 150 valence electrons. The zero-order valence-corrected chi connectivity index (χ0v) is 16.9. The van der Waals surface area contributed by atoms with E-state index in [2.05, 4.69) is 10.6 Å². The molecule has 27 heavy (non-hydrogen) atoms. The van der Waals surface area contributed by atoms with Gasteiger partial charge in [-0.15, -0.1) is 0 Å². The number of nitrogens with one attached hydrogen (secondary N) is 2. The Morgan fingerprint density at radius 3 is 2.15 bits per heavy atom. The van der Waals surface area contributed by atoms with Crippen molar-refractivity contribution in [3.05, 3.63) is 29.8 Å². The van der Waals surface area contributed by atoms with E-state index in [1.807, 2.05) is 27.7 Å². The van der Waals surface area contributed by atoms with Crippen LogP contribution in [0.15, 0.2) is 24.3 Å². The van der Waals surface area contributed by atoms with Crippen molar-refractivity contribution in [2.24, 2.45) is 5.92 Å². The molecule has 0 aliphatic carbocycles. The molecule has 1 atom stereocenters. The molecule has 0 saturated heterocycles. The van der Waals surface area contributed by atoms with E-state index in [0.29, 0.717) is 17.9 Å². The van der Waals surface area contributed by atoms with Gasteiger partial charge in [0.2, 0.25) is 0 Å². The highest BCUT2D eigenvalue weighted by molar-refractivity contribution is 5.97. The zero-order chi connectivity index (χ0) is 20.6. The maximum absolute atomic E-state index is 12.4. The molecule has 0 aliphatic heterocycles. The van der Waals surface area contributed by atoms with Crippen LogP contribution in [-0.4, -0.2) is 42.6 Å². The van der Waals surface area contributed by atoms with E-state index < -0.39 is 36.0 Å². The first kappa shape index (κ1) is 22.5. The summed E-state index contributed by atoms with van der Waals surface area (Å²) in [6.07, 6.45) is 0. The van der Waals surface area contributed by atoms with Gasteiger partial charge in [-0.2, -0.15) is 0 Å². The summed E-state index contributed by atoms with van der Waals surface area (Å²) in [5.41, 5.74) is -0.00890. The van der Waals surface area contributed by atoms with Crippen molar-refractivity contribution in [3.63, 3.8) is 0 Å². The predicted octanol–water partition coefficient (Wildman–Crippen LogP) is 2.30. The maximum Gasteiger partial charge on any atom is 0.329 e. The molecule has 0 bridgehead atoms. The third-order valence-electron chi connectivity index (χ3n) is 3.49. The number of ether oxygens (including phenoxy) is 2. The van der Waals surface area contributed by atoms with Crippen LogP contribution in [0.1, 0.15) is 51.9 Å². The number of carbonyl (C=O) groups is 3. The minimum absolute atomic E-state index is 0.199. The van der Waals surface area contributed by atoms with E-state index in [1.54, 1.807) is 38.1 Å². The summed E-state index contributed by atoms with van der Waals surface area (Å²) in [4.78, 5) is 36.5. The van der Waals surface area contributed by atoms with E-state index >= 15 is 0 Å². The summed E-state index contributed by atoms with van der Waals surface area (Å²) < 4.78 is 10.4. The Kier molecular flexibility index (Phi) is 8.28. The highest BCUT2D eigenvalue weighted by Crippen LogP contribution is 2.13. The molecule has 7 heteroatoms. The molecule has 0 heterocycles. The fourth-order valence-electron chi connectivity index (χ4n) is 2.27. The largest absolute Gasteiger partial charge is 0.494 e. The van der Waals surface area contributed by atoms with E-state index in [4.69, 9.17) is 9.47 Å². The summed E-state index contributed by atoms with van der Waals surface area (Å²) >= 11 is 0. The van der Waals surface area contributed by atoms with Crippen LogP contribution in [0.4, 0.5) is 0 Å². The van der Waals surface area contributed by atoms with Crippen molar-refractivity contribution in [2.75, 3.05) is 13.2 Å². The Bertz CT molecular complexity index is 647. The van der Waals surface area contributed by atoms with E-state index in [-0.39, 0.29) is 5.92 Å². The highest BCUT2D eigenvalue weighted by Gasteiger charge is 2.27. The van der Waals surface area contributed by atoms with Crippen LogP contribution in [0.25, 0.3) is 0 Å². The topological polar surface area (TPSA) is 93.7 Å². The quantitative estimate of drug-likeness (QED) is 0.677. The van der Waals surface area contributed by atoms with Gasteiger partial charge in [0, 0.05) is 11.1 Å². The van der Waals surface area contributed by atoms with Gasteiger partial charge >= 0.3 is 5.97 Å². The lowest BCUT2D eigenvalue weighted by molar-refractivity contribution is -0.151. The van der Waals surface area contributed by atoms with Gasteiger partial charge in [0.25, 0.3) is 11.8 Å². The molecule has 7 nitrogen and oxygen atoms in total. The third-order valence-corrected chi connectivity index (χ3v) is 3.49. The van der Waals surface area contributed by atoms with Crippen LogP contribution in [0.2, 0.25) is 0 Å². The minimum Gasteiger partial charge on any atom is -0.494 e. The van der Waals surface area contributed by atoms with Crippen LogP contribution < -0.4 is 15.4 Å². The van der Waals surface area contributed by atoms with Gasteiger partial charge in [0.1, 0.15) is 11.8 Å². The van der Waals surface area contributed by atoms with Crippen LogP contribution in [0.3, 0.4) is 0 Å². The standard InChI is InChI=1S/C20H30N2O5/c1-7-26-15-10-8-14(9-11-15)18(24)21-17(13(2)3)19(25)27-12-16(23)22-20(4,5)6/h8-11,13,17H,7,12H2,1-6H3,(H,21,24)(H,22,23)/t17-/m0/s1. The smallest absolute Gasteiger partial charge is 0.329 e. The predicted molar refractivity (Wildman–Crippen MR) is 103 cm³/mol. The molecule has 0 aliphatic rings. The molecule has 0 fully saturated rings. The van der Waals surface area contributed by atoms with Gasteiger partial charge in [-0.25, -0.2) is 4.79 Å². The number of rotatable bonds is 8. The summed E-state index contributed by atoms with van der Waals surface area (Å²) in [5.74, 6) is -0.967. The van der Waals surface area contributed by atoms with E-state index in [9.17, 15) is 14.4 Å². The van der Waals surface area contributed by atoms with Gasteiger partial charge in [-0.1, -0.05) is 13.8 Å². The Morgan fingerprint density at radius 1 is 1.07 bits per heavy atom. The third kappa shape index (κ3) is 8.11. The average molecular weight is 378 g/mol. The monoisotopic (exact) mass is 378 g/mol. The molecule has 1 aromatic rings. The molecule has 2 N–H and O–H groups in total. The van der Waals surface area contributed by atoms with E-state index in [0.717, 1.165) is 0 Å². The first-order valence-electron chi connectivity index (χ1n) is 9.05. The minimum atomic E-state index is -0.855. The normalized spacial score (nSPS) is 12.3. The lowest BCUT2D eigenvalue weighted by Crippen LogP contribution is -2.47. The second-order valence-corrected chi connectivity index (χ2v) is 7.56. The summed E-state index contributed by atoms with van der Waals surface area (Å²) in [5, 5.41) is 5.38. The molecule has 0 unspecified atom stereocenters. The molecular formula is C20H30N2O5. The van der Waals surface area contributed by atoms with Gasteiger partial charge in [0.05, 0.1) is 6.61 Å². The number of hydrogen-bond donors (Lipinski definition) is 2. The lowest BCUT2D eigenvalue weighted by atomic mass is 10.0. The molecular weight excluding hydrogens is 348 g/mol. The zero-order valence-electron chi connectivity index (χ0n) is 16.9. The molecule has 1 rings (SSSR count). The second kappa shape index (κ2) is 9.94. The molecule has 0 aromatic heterocycles. The number of benzene rings is 1. The Hall–Kier alpha value is -2.57. The fraction of sp³-hybridized carbons (Fsp3) is 0.550. The summed E-state index contributed by atoms with van der Waals surface area (Å²) in [7, 11) is 0. The number of hydrogen-bond acceptors (Lipinski definition) is 5.